The Balaban J connectivity index is 1.79. The zero-order valence-corrected chi connectivity index (χ0v) is 15.0. The van der Waals surface area contributed by atoms with Crippen LogP contribution in [0.3, 0.4) is 0 Å². The average molecular weight is 348 g/mol. The molecule has 4 aromatic rings. The number of nitrogens with zero attached hydrogens (tertiary/aromatic N) is 2. The van der Waals surface area contributed by atoms with Gasteiger partial charge in [-0.25, -0.2) is 5.01 Å². The second-order valence-electron chi connectivity index (χ2n) is 6.26. The molecule has 0 saturated carbocycles. The Morgan fingerprint density at radius 2 is 1.33 bits per heavy atom. The smallest absolute Gasteiger partial charge is 0.0730 e. The average Bonchev–Trinajstić information content (AvgIpc) is 2.75. The van der Waals surface area contributed by atoms with Crippen LogP contribution in [0.1, 0.15) is 11.1 Å². The molecule has 2 nitrogen and oxygen atoms in total. The molecule has 27 heavy (non-hydrogen) atoms. The van der Waals surface area contributed by atoms with Gasteiger partial charge in [0.2, 0.25) is 0 Å². The first-order valence-corrected chi connectivity index (χ1v) is 8.94. The molecule has 4 rings (SSSR count). The highest BCUT2D eigenvalue weighted by Gasteiger charge is 2.11. The van der Waals surface area contributed by atoms with E-state index in [-0.39, 0.29) is 0 Å². The maximum atomic E-state index is 4.82. The lowest BCUT2D eigenvalue weighted by Crippen LogP contribution is -2.09. The molecule has 0 unspecified atom stereocenters. The third-order valence-electron chi connectivity index (χ3n) is 4.49. The second kappa shape index (κ2) is 7.71. The molecule has 2 heteroatoms. The van der Waals surface area contributed by atoms with Crippen molar-refractivity contribution in [1.29, 1.82) is 0 Å². The van der Waals surface area contributed by atoms with Gasteiger partial charge in [-0.05, 0) is 34.7 Å². The number of fused-ring (bicyclic) bond motifs is 1. The van der Waals surface area contributed by atoms with Crippen LogP contribution in [-0.4, -0.2) is 6.21 Å². The van der Waals surface area contributed by atoms with E-state index in [1.54, 1.807) is 0 Å². The van der Waals surface area contributed by atoms with Gasteiger partial charge in [0.25, 0.3) is 0 Å². The van der Waals surface area contributed by atoms with Crippen LogP contribution in [0.15, 0.2) is 109 Å². The quantitative estimate of drug-likeness (QED) is 0.291. The highest BCUT2D eigenvalue weighted by Crippen LogP contribution is 2.32. The molecule has 0 aromatic heterocycles. The van der Waals surface area contributed by atoms with Gasteiger partial charge < -0.3 is 0 Å². The van der Waals surface area contributed by atoms with Crippen molar-refractivity contribution in [3.8, 4) is 0 Å². The monoisotopic (exact) mass is 348 g/mol. The van der Waals surface area contributed by atoms with E-state index in [1.807, 2.05) is 59.8 Å². The first kappa shape index (κ1) is 16.8. The summed E-state index contributed by atoms with van der Waals surface area (Å²) in [7, 11) is 0. The number of para-hydroxylation sites is 1. The number of benzene rings is 4. The van der Waals surface area contributed by atoms with Crippen LogP contribution in [0.4, 0.5) is 11.4 Å². The van der Waals surface area contributed by atoms with Crippen molar-refractivity contribution in [3.05, 3.63) is 115 Å². The Kier molecular flexibility index (Phi) is 4.80. The zero-order valence-electron chi connectivity index (χ0n) is 15.0. The Bertz CT molecular complexity index is 1070. The van der Waals surface area contributed by atoms with Crippen LogP contribution in [0.5, 0.6) is 0 Å². The third-order valence-corrected chi connectivity index (χ3v) is 4.49. The maximum Gasteiger partial charge on any atom is 0.0730 e. The molecule has 0 spiro atoms. The van der Waals surface area contributed by atoms with Gasteiger partial charge >= 0.3 is 0 Å². The predicted octanol–water partition coefficient (Wildman–Crippen LogP) is 6.66. The summed E-state index contributed by atoms with van der Waals surface area (Å²) in [6.07, 6.45) is 3.73. The normalized spacial score (nSPS) is 11.0. The third kappa shape index (κ3) is 3.65. The zero-order chi connectivity index (χ0) is 18.5. The Hall–Kier alpha value is -3.65. The molecule has 0 saturated heterocycles. The predicted molar refractivity (Wildman–Crippen MR) is 117 cm³/mol. The van der Waals surface area contributed by atoms with E-state index in [0.717, 1.165) is 22.5 Å². The summed E-state index contributed by atoms with van der Waals surface area (Å²) in [5.41, 5.74) is 4.22. The van der Waals surface area contributed by atoms with Gasteiger partial charge in [-0.2, -0.15) is 5.10 Å². The molecule has 0 amide bonds. The van der Waals surface area contributed by atoms with Gasteiger partial charge in [-0.1, -0.05) is 91.5 Å². The van der Waals surface area contributed by atoms with Crippen LogP contribution in [0.25, 0.3) is 16.8 Å². The van der Waals surface area contributed by atoms with Crippen LogP contribution in [-0.2, 0) is 0 Å². The summed E-state index contributed by atoms with van der Waals surface area (Å²) in [6, 6.07) is 33.1. The van der Waals surface area contributed by atoms with Crippen LogP contribution in [0.2, 0.25) is 0 Å². The van der Waals surface area contributed by atoms with E-state index < -0.39 is 0 Å². The van der Waals surface area contributed by atoms with Crippen molar-refractivity contribution >= 4 is 34.4 Å². The SMILES string of the molecule is C=Cc1ccc(C=NN(c2ccccc2)c2cccc3ccccc23)cc1. The lowest BCUT2D eigenvalue weighted by atomic mass is 10.1. The van der Waals surface area contributed by atoms with Gasteiger partial charge in [-0.15, -0.1) is 0 Å². The standard InChI is InChI=1S/C25H20N2/c1-2-20-15-17-21(18-16-20)19-26-27(23-11-4-3-5-12-23)25-14-8-10-22-9-6-7-13-24(22)25/h2-19H,1H2. The first-order valence-electron chi connectivity index (χ1n) is 8.94. The lowest BCUT2D eigenvalue weighted by Gasteiger charge is -2.21. The molecule has 0 N–H and O–H groups in total. The molecular weight excluding hydrogens is 328 g/mol. The Morgan fingerprint density at radius 3 is 2.11 bits per heavy atom. The molecular formula is C25H20N2. The lowest BCUT2D eigenvalue weighted by molar-refractivity contribution is 1.10. The summed E-state index contributed by atoms with van der Waals surface area (Å²) >= 11 is 0. The second-order valence-corrected chi connectivity index (χ2v) is 6.26. The summed E-state index contributed by atoms with van der Waals surface area (Å²) in [5, 5.41) is 9.18. The van der Waals surface area contributed by atoms with E-state index >= 15 is 0 Å². The van der Waals surface area contributed by atoms with E-state index in [9.17, 15) is 0 Å². The molecule has 0 radical (unpaired) electrons. The fraction of sp³-hybridized carbons (Fsp3) is 0. The molecule has 0 aliphatic carbocycles. The number of rotatable bonds is 5. The largest absolute Gasteiger partial charge is 0.233 e. The number of anilines is 2. The van der Waals surface area contributed by atoms with Crippen molar-refractivity contribution < 1.29 is 0 Å². The van der Waals surface area contributed by atoms with E-state index in [0.29, 0.717) is 0 Å². The van der Waals surface area contributed by atoms with Crippen molar-refractivity contribution in [3.63, 3.8) is 0 Å². The van der Waals surface area contributed by atoms with Crippen LogP contribution >= 0.6 is 0 Å². The van der Waals surface area contributed by atoms with Gasteiger partial charge in [0.15, 0.2) is 0 Å². The summed E-state index contributed by atoms with van der Waals surface area (Å²) in [6.45, 7) is 3.80. The Morgan fingerprint density at radius 1 is 0.667 bits per heavy atom. The minimum absolute atomic E-state index is 1.02. The summed E-state index contributed by atoms with van der Waals surface area (Å²) in [5.74, 6) is 0. The van der Waals surface area contributed by atoms with Crippen molar-refractivity contribution in [2.24, 2.45) is 5.10 Å². The molecule has 0 aliphatic rings. The van der Waals surface area contributed by atoms with Crippen molar-refractivity contribution in [2.45, 2.75) is 0 Å². The van der Waals surface area contributed by atoms with Gasteiger partial charge in [0, 0.05) is 5.39 Å². The van der Waals surface area contributed by atoms with Crippen molar-refractivity contribution in [2.75, 3.05) is 5.01 Å². The van der Waals surface area contributed by atoms with Crippen LogP contribution < -0.4 is 5.01 Å². The highest BCUT2D eigenvalue weighted by molar-refractivity contribution is 5.96. The molecule has 0 aliphatic heterocycles. The minimum atomic E-state index is 1.02. The van der Waals surface area contributed by atoms with E-state index in [4.69, 9.17) is 5.10 Å². The maximum absolute atomic E-state index is 4.82. The van der Waals surface area contributed by atoms with E-state index in [2.05, 4.69) is 61.2 Å². The van der Waals surface area contributed by atoms with Crippen molar-refractivity contribution in [1.82, 2.24) is 0 Å². The first-order chi connectivity index (χ1) is 13.3. The fourth-order valence-corrected chi connectivity index (χ4v) is 3.07. The van der Waals surface area contributed by atoms with Gasteiger partial charge in [0.1, 0.15) is 0 Å². The van der Waals surface area contributed by atoms with Gasteiger partial charge in [0.05, 0.1) is 17.6 Å². The number of hydrazone groups is 1. The topological polar surface area (TPSA) is 15.6 Å². The minimum Gasteiger partial charge on any atom is -0.233 e. The fourth-order valence-electron chi connectivity index (χ4n) is 3.07. The molecule has 0 heterocycles. The van der Waals surface area contributed by atoms with Gasteiger partial charge in [-0.3, -0.25) is 0 Å². The summed E-state index contributed by atoms with van der Waals surface area (Å²) in [4.78, 5) is 0. The molecule has 0 bridgehead atoms. The highest BCUT2D eigenvalue weighted by atomic mass is 15.5. The number of hydrogen-bond acceptors (Lipinski definition) is 2. The number of hydrogen-bond donors (Lipinski definition) is 0. The van der Waals surface area contributed by atoms with Crippen LogP contribution in [0, 0.1) is 0 Å². The molecule has 0 fully saturated rings. The summed E-state index contributed by atoms with van der Waals surface area (Å²) < 4.78 is 0. The van der Waals surface area contributed by atoms with E-state index in [1.165, 1.54) is 10.8 Å². The molecule has 4 aromatic carbocycles. The molecule has 0 atom stereocenters. The Labute approximate surface area is 159 Å². The molecule has 130 valence electrons.